The number of carbonyl (C=O) groups is 1. The minimum absolute atomic E-state index is 0.0426. The van der Waals surface area contributed by atoms with Gasteiger partial charge in [-0.2, -0.15) is 10.2 Å². The Morgan fingerprint density at radius 3 is 2.78 bits per heavy atom. The van der Waals surface area contributed by atoms with E-state index in [9.17, 15) is 9.18 Å². The number of pyridine rings is 2. The molecule has 1 saturated heterocycles. The van der Waals surface area contributed by atoms with Gasteiger partial charge in [-0.05, 0) is 31.2 Å². The second-order valence-corrected chi connectivity index (χ2v) is 8.64. The number of ether oxygens (including phenoxy) is 1. The van der Waals surface area contributed by atoms with E-state index in [1.807, 2.05) is 11.0 Å². The molecule has 0 bridgehead atoms. The van der Waals surface area contributed by atoms with Gasteiger partial charge < -0.3 is 19.0 Å². The Morgan fingerprint density at radius 2 is 2.03 bits per heavy atom. The van der Waals surface area contributed by atoms with E-state index in [4.69, 9.17) is 26.0 Å². The Kier molecular flexibility index (Phi) is 6.40. The molecule has 0 radical (unpaired) electrons. The van der Waals surface area contributed by atoms with Gasteiger partial charge in [0.25, 0.3) is 11.9 Å². The molecule has 1 aliphatic rings. The fourth-order valence-corrected chi connectivity index (χ4v) is 4.10. The number of oxazole rings is 1. The van der Waals surface area contributed by atoms with E-state index < -0.39 is 5.82 Å². The standard InChI is InChI=1S/C25H20ClFN6O3/c1-15-11-18(13-29-23(15)35-14-17-4-2-3-16(12-28)21(17)27)24(34)32-7-9-33(10-8-32)25-31-22-19(36-25)5-6-20(26)30-22/h2-6,11,13H,7-10,14H2,1H3. The van der Waals surface area contributed by atoms with Crippen LogP contribution in [0.2, 0.25) is 5.15 Å². The fourth-order valence-electron chi connectivity index (χ4n) is 3.96. The second kappa shape index (κ2) is 9.79. The van der Waals surface area contributed by atoms with Crippen LogP contribution in [-0.4, -0.2) is 51.9 Å². The van der Waals surface area contributed by atoms with Crippen LogP contribution in [0.3, 0.4) is 0 Å². The first kappa shape index (κ1) is 23.5. The first-order valence-corrected chi connectivity index (χ1v) is 11.5. The van der Waals surface area contributed by atoms with E-state index in [1.165, 1.54) is 12.3 Å². The number of anilines is 1. The first-order valence-electron chi connectivity index (χ1n) is 11.2. The van der Waals surface area contributed by atoms with Crippen molar-refractivity contribution < 1.29 is 18.3 Å². The van der Waals surface area contributed by atoms with Crippen molar-refractivity contribution in [2.45, 2.75) is 13.5 Å². The van der Waals surface area contributed by atoms with Crippen LogP contribution in [0.5, 0.6) is 5.88 Å². The number of hydrogen-bond donors (Lipinski definition) is 0. The predicted molar refractivity (Wildman–Crippen MR) is 129 cm³/mol. The highest BCUT2D eigenvalue weighted by molar-refractivity contribution is 6.29. The summed E-state index contributed by atoms with van der Waals surface area (Å²) < 4.78 is 25.7. The third-order valence-corrected chi connectivity index (χ3v) is 6.10. The molecule has 1 aliphatic heterocycles. The van der Waals surface area contributed by atoms with Gasteiger partial charge in [-0.1, -0.05) is 23.7 Å². The zero-order chi connectivity index (χ0) is 25.2. The van der Waals surface area contributed by atoms with Gasteiger partial charge in [-0.3, -0.25) is 4.79 Å². The number of carbonyl (C=O) groups excluding carboxylic acids is 1. The molecule has 1 fully saturated rings. The monoisotopic (exact) mass is 506 g/mol. The van der Waals surface area contributed by atoms with E-state index in [0.717, 1.165) is 0 Å². The van der Waals surface area contributed by atoms with Crippen molar-refractivity contribution in [1.82, 2.24) is 19.9 Å². The number of aromatic nitrogens is 3. The second-order valence-electron chi connectivity index (χ2n) is 8.26. The summed E-state index contributed by atoms with van der Waals surface area (Å²) in [5.74, 6) is -0.458. The maximum absolute atomic E-state index is 14.3. The third-order valence-electron chi connectivity index (χ3n) is 5.89. The average Bonchev–Trinajstić information content (AvgIpc) is 3.31. The number of hydrogen-bond acceptors (Lipinski definition) is 8. The molecule has 182 valence electrons. The summed E-state index contributed by atoms with van der Waals surface area (Å²) in [5, 5.41) is 9.32. The molecule has 0 spiro atoms. The number of fused-ring (bicyclic) bond motifs is 1. The number of halogens is 2. The summed E-state index contributed by atoms with van der Waals surface area (Å²) in [6.45, 7) is 3.75. The molecule has 0 saturated carbocycles. The molecule has 36 heavy (non-hydrogen) atoms. The Hall–Kier alpha value is -4.23. The molecule has 1 amide bonds. The molecule has 9 nitrogen and oxygen atoms in total. The van der Waals surface area contributed by atoms with E-state index >= 15 is 0 Å². The van der Waals surface area contributed by atoms with Crippen LogP contribution in [0.15, 0.2) is 47.0 Å². The highest BCUT2D eigenvalue weighted by Gasteiger charge is 2.25. The van der Waals surface area contributed by atoms with E-state index in [-0.39, 0.29) is 23.6 Å². The summed E-state index contributed by atoms with van der Waals surface area (Å²) in [5.41, 5.74) is 2.29. The van der Waals surface area contributed by atoms with Crippen LogP contribution < -0.4 is 9.64 Å². The van der Waals surface area contributed by atoms with Gasteiger partial charge in [0, 0.05) is 43.5 Å². The maximum Gasteiger partial charge on any atom is 0.300 e. The number of piperazine rings is 1. The molecule has 0 unspecified atom stereocenters. The van der Waals surface area contributed by atoms with Crippen LogP contribution >= 0.6 is 11.6 Å². The minimum Gasteiger partial charge on any atom is -0.472 e. The van der Waals surface area contributed by atoms with Crippen molar-refractivity contribution in [3.05, 3.63) is 75.8 Å². The molecular weight excluding hydrogens is 487 g/mol. The highest BCUT2D eigenvalue weighted by Crippen LogP contribution is 2.24. The zero-order valence-electron chi connectivity index (χ0n) is 19.2. The van der Waals surface area contributed by atoms with Gasteiger partial charge in [-0.15, -0.1) is 0 Å². The third kappa shape index (κ3) is 4.65. The number of amides is 1. The topological polar surface area (TPSA) is 108 Å². The number of aryl methyl sites for hydroxylation is 1. The van der Waals surface area contributed by atoms with Gasteiger partial charge in [-0.25, -0.2) is 14.4 Å². The van der Waals surface area contributed by atoms with E-state index in [2.05, 4.69) is 15.0 Å². The lowest BCUT2D eigenvalue weighted by molar-refractivity contribution is 0.0744. The van der Waals surface area contributed by atoms with Gasteiger partial charge in [0.1, 0.15) is 23.6 Å². The number of nitriles is 1. The number of benzene rings is 1. The van der Waals surface area contributed by atoms with Crippen LogP contribution in [-0.2, 0) is 6.61 Å². The van der Waals surface area contributed by atoms with E-state index in [1.54, 1.807) is 42.2 Å². The summed E-state index contributed by atoms with van der Waals surface area (Å²) in [4.78, 5) is 29.6. The Balaban J connectivity index is 1.21. The number of nitrogens with zero attached hydrogens (tertiary/aromatic N) is 6. The summed E-state index contributed by atoms with van der Waals surface area (Å²) in [6.07, 6.45) is 1.45. The molecule has 11 heteroatoms. The molecule has 1 aromatic carbocycles. The number of rotatable bonds is 5. The average molecular weight is 507 g/mol. The molecule has 5 rings (SSSR count). The summed E-state index contributed by atoms with van der Waals surface area (Å²) >= 11 is 5.92. The molecule has 3 aromatic heterocycles. The normalized spacial score (nSPS) is 13.6. The molecule has 4 aromatic rings. The molecular formula is C25H20ClFN6O3. The Labute approximate surface area is 210 Å². The van der Waals surface area contributed by atoms with Crippen molar-refractivity contribution in [2.24, 2.45) is 0 Å². The van der Waals surface area contributed by atoms with Crippen molar-refractivity contribution in [3.8, 4) is 11.9 Å². The lowest BCUT2D eigenvalue weighted by Crippen LogP contribution is -2.49. The largest absolute Gasteiger partial charge is 0.472 e. The lowest BCUT2D eigenvalue weighted by atomic mass is 10.1. The summed E-state index contributed by atoms with van der Waals surface area (Å²) in [6, 6.07) is 11.9. The maximum atomic E-state index is 14.3. The molecule has 0 atom stereocenters. The van der Waals surface area contributed by atoms with E-state index in [0.29, 0.717) is 65.6 Å². The zero-order valence-corrected chi connectivity index (χ0v) is 20.0. The quantitative estimate of drug-likeness (QED) is 0.372. The van der Waals surface area contributed by atoms with Crippen LogP contribution in [0, 0.1) is 24.1 Å². The van der Waals surface area contributed by atoms with Crippen molar-refractivity contribution in [1.29, 1.82) is 5.26 Å². The van der Waals surface area contributed by atoms with Crippen molar-refractivity contribution in [3.63, 3.8) is 0 Å². The predicted octanol–water partition coefficient (Wildman–Crippen LogP) is 4.13. The van der Waals surface area contributed by atoms with Crippen LogP contribution in [0.25, 0.3) is 11.2 Å². The SMILES string of the molecule is Cc1cc(C(=O)N2CCN(c3nc4nc(Cl)ccc4o3)CC2)cnc1OCc1cccc(C#N)c1F. The lowest BCUT2D eigenvalue weighted by Gasteiger charge is -2.33. The highest BCUT2D eigenvalue weighted by atomic mass is 35.5. The smallest absolute Gasteiger partial charge is 0.300 e. The first-order chi connectivity index (χ1) is 17.4. The molecule has 4 heterocycles. The van der Waals surface area contributed by atoms with Gasteiger partial charge in [0.2, 0.25) is 11.5 Å². The fraction of sp³-hybridized carbons (Fsp3) is 0.240. The molecule has 0 N–H and O–H groups in total. The molecule has 0 aliphatic carbocycles. The minimum atomic E-state index is -0.610. The Morgan fingerprint density at radius 1 is 1.22 bits per heavy atom. The Bertz CT molecular complexity index is 1490. The summed E-state index contributed by atoms with van der Waals surface area (Å²) in [7, 11) is 0. The van der Waals surface area contributed by atoms with Gasteiger partial charge >= 0.3 is 0 Å². The van der Waals surface area contributed by atoms with Gasteiger partial charge in [0.15, 0.2) is 5.58 Å². The van der Waals surface area contributed by atoms with Crippen molar-refractivity contribution >= 4 is 34.8 Å². The van der Waals surface area contributed by atoms with Crippen molar-refractivity contribution in [2.75, 3.05) is 31.1 Å². The van der Waals surface area contributed by atoms with Crippen LogP contribution in [0.4, 0.5) is 10.4 Å². The van der Waals surface area contributed by atoms with Crippen LogP contribution in [0.1, 0.15) is 27.0 Å². The van der Waals surface area contributed by atoms with Gasteiger partial charge in [0.05, 0.1) is 11.1 Å².